The molecule has 0 fully saturated rings. The zero-order chi connectivity index (χ0) is 14.6. The minimum Gasteiger partial charge on any atom is -0.409 e. The fraction of sp³-hybridized carbons (Fsp3) is 0.571. The molecule has 0 saturated carbocycles. The van der Waals surface area contributed by atoms with E-state index in [1.165, 1.54) is 31.4 Å². The van der Waals surface area contributed by atoms with Gasteiger partial charge in [0.2, 0.25) is 0 Å². The second-order valence-electron chi connectivity index (χ2n) is 4.62. The summed E-state index contributed by atoms with van der Waals surface area (Å²) in [6, 6.07) is 3.76. The molecule has 1 aromatic rings. The number of nitrogens with zero attached hydrogens (tertiary/aromatic N) is 2. The molecule has 5 nitrogen and oxygen atoms in total. The van der Waals surface area contributed by atoms with Crippen molar-refractivity contribution in [2.45, 2.75) is 32.2 Å². The Morgan fingerprint density at radius 3 is 2.95 bits per heavy atom. The molecule has 0 aliphatic carbocycles. The second kappa shape index (κ2) is 10.5. The molecule has 1 aromatic heterocycles. The van der Waals surface area contributed by atoms with Crippen LogP contribution in [-0.2, 0) is 6.54 Å². The molecule has 1 rings (SSSR count). The first-order valence-corrected chi connectivity index (χ1v) is 8.29. The number of pyridine rings is 1. The highest BCUT2D eigenvalue weighted by atomic mass is 32.2. The molecule has 0 aliphatic rings. The molecule has 0 aromatic carbocycles. The van der Waals surface area contributed by atoms with Crippen molar-refractivity contribution in [1.82, 2.24) is 10.3 Å². The average molecular weight is 296 g/mol. The van der Waals surface area contributed by atoms with Gasteiger partial charge in [0.1, 0.15) is 5.69 Å². The van der Waals surface area contributed by atoms with Crippen LogP contribution in [0.15, 0.2) is 23.5 Å². The van der Waals surface area contributed by atoms with Crippen LogP contribution in [0.5, 0.6) is 0 Å². The molecule has 0 aliphatic heterocycles. The molecule has 20 heavy (non-hydrogen) atoms. The third kappa shape index (κ3) is 6.77. The monoisotopic (exact) mass is 296 g/mol. The number of oxime groups is 1. The zero-order valence-electron chi connectivity index (χ0n) is 12.0. The van der Waals surface area contributed by atoms with Gasteiger partial charge in [-0.3, -0.25) is 4.98 Å². The van der Waals surface area contributed by atoms with Gasteiger partial charge in [0.25, 0.3) is 0 Å². The summed E-state index contributed by atoms with van der Waals surface area (Å²) in [4.78, 5) is 4.05. The second-order valence-corrected chi connectivity index (χ2v) is 5.60. The van der Waals surface area contributed by atoms with Crippen LogP contribution in [0.25, 0.3) is 0 Å². The van der Waals surface area contributed by atoms with E-state index >= 15 is 0 Å². The fourth-order valence-electron chi connectivity index (χ4n) is 1.86. The maximum Gasteiger partial charge on any atom is 0.188 e. The largest absolute Gasteiger partial charge is 0.409 e. The Morgan fingerprint density at radius 2 is 2.20 bits per heavy atom. The van der Waals surface area contributed by atoms with Crippen LogP contribution in [0.1, 0.15) is 36.9 Å². The van der Waals surface area contributed by atoms with Crippen molar-refractivity contribution in [1.29, 1.82) is 0 Å². The van der Waals surface area contributed by atoms with Crippen LogP contribution in [0.4, 0.5) is 0 Å². The minimum atomic E-state index is 0.0423. The zero-order valence-corrected chi connectivity index (χ0v) is 12.8. The Morgan fingerprint density at radius 1 is 1.40 bits per heavy atom. The lowest BCUT2D eigenvalue weighted by Crippen LogP contribution is -2.18. The van der Waals surface area contributed by atoms with Crippen LogP contribution in [-0.4, -0.2) is 34.6 Å². The van der Waals surface area contributed by atoms with E-state index in [0.29, 0.717) is 5.69 Å². The Kier molecular flexibility index (Phi) is 8.82. The van der Waals surface area contributed by atoms with Gasteiger partial charge in [0.15, 0.2) is 5.84 Å². The number of nitrogens with two attached hydrogens (primary N) is 1. The summed E-state index contributed by atoms with van der Waals surface area (Å²) in [6.45, 7) is 1.79. The summed E-state index contributed by atoms with van der Waals surface area (Å²) >= 11 is 1.91. The van der Waals surface area contributed by atoms with Gasteiger partial charge in [-0.2, -0.15) is 11.8 Å². The Bertz CT molecular complexity index is 412. The molecule has 4 N–H and O–H groups in total. The van der Waals surface area contributed by atoms with Crippen molar-refractivity contribution < 1.29 is 5.21 Å². The maximum atomic E-state index is 8.62. The standard InChI is InChI=1S/C14H24N4OS/c1-20-9-5-3-2-4-7-16-11-12-6-8-17-13(10-12)14(15)18-19/h6,8,10,16,19H,2-5,7,9,11H2,1H3,(H2,15,18). The third-order valence-electron chi connectivity index (χ3n) is 2.98. The van der Waals surface area contributed by atoms with Crippen LogP contribution in [0.2, 0.25) is 0 Å². The van der Waals surface area contributed by atoms with Gasteiger partial charge in [-0.15, -0.1) is 0 Å². The third-order valence-corrected chi connectivity index (χ3v) is 3.67. The first-order valence-electron chi connectivity index (χ1n) is 6.90. The summed E-state index contributed by atoms with van der Waals surface area (Å²) in [5, 5.41) is 15.0. The highest BCUT2D eigenvalue weighted by Gasteiger charge is 2.01. The molecule has 1 heterocycles. The first kappa shape index (κ1) is 16.8. The molecule has 0 spiro atoms. The van der Waals surface area contributed by atoms with Crippen molar-refractivity contribution >= 4 is 17.6 Å². The normalized spacial score (nSPS) is 11.8. The summed E-state index contributed by atoms with van der Waals surface area (Å²) in [7, 11) is 0. The van der Waals surface area contributed by atoms with Gasteiger partial charge < -0.3 is 16.3 Å². The van der Waals surface area contributed by atoms with Crippen LogP contribution < -0.4 is 11.1 Å². The van der Waals surface area contributed by atoms with Gasteiger partial charge in [0.05, 0.1) is 0 Å². The van der Waals surface area contributed by atoms with Gasteiger partial charge in [-0.05, 0) is 49.1 Å². The van der Waals surface area contributed by atoms with Crippen molar-refractivity contribution in [2.75, 3.05) is 18.6 Å². The molecule has 0 radical (unpaired) electrons. The molecular formula is C14H24N4OS. The quantitative estimate of drug-likeness (QED) is 0.203. The van der Waals surface area contributed by atoms with E-state index in [1.54, 1.807) is 6.20 Å². The highest BCUT2D eigenvalue weighted by Crippen LogP contribution is 2.05. The Hall–Kier alpha value is -1.27. The van der Waals surface area contributed by atoms with Crippen LogP contribution >= 0.6 is 11.8 Å². The predicted octanol–water partition coefficient (Wildman–Crippen LogP) is 2.19. The lowest BCUT2D eigenvalue weighted by atomic mass is 10.2. The van der Waals surface area contributed by atoms with Crippen molar-refractivity contribution in [3.8, 4) is 0 Å². The topological polar surface area (TPSA) is 83.5 Å². The minimum absolute atomic E-state index is 0.0423. The SMILES string of the molecule is CSCCCCCCNCc1ccnc(/C(N)=N/O)c1. The lowest BCUT2D eigenvalue weighted by Gasteiger charge is -2.06. The fourth-order valence-corrected chi connectivity index (χ4v) is 2.35. The number of amidine groups is 1. The maximum absolute atomic E-state index is 8.62. The van der Waals surface area contributed by atoms with E-state index in [0.717, 1.165) is 18.7 Å². The van der Waals surface area contributed by atoms with Gasteiger partial charge in [0, 0.05) is 12.7 Å². The summed E-state index contributed by atoms with van der Waals surface area (Å²) in [6.07, 6.45) is 8.93. The Balaban J connectivity index is 2.19. The van der Waals surface area contributed by atoms with Gasteiger partial charge in [-0.25, -0.2) is 0 Å². The Labute approximate surface area is 125 Å². The molecular weight excluding hydrogens is 272 g/mol. The smallest absolute Gasteiger partial charge is 0.188 e. The van der Waals surface area contributed by atoms with Crippen molar-refractivity contribution in [3.05, 3.63) is 29.6 Å². The van der Waals surface area contributed by atoms with E-state index in [-0.39, 0.29) is 5.84 Å². The number of aromatic nitrogens is 1. The molecule has 0 amide bonds. The highest BCUT2D eigenvalue weighted by molar-refractivity contribution is 7.98. The van der Waals surface area contributed by atoms with Crippen LogP contribution in [0.3, 0.4) is 0 Å². The number of thioether (sulfide) groups is 1. The van der Waals surface area contributed by atoms with E-state index in [2.05, 4.69) is 21.7 Å². The molecule has 0 saturated heterocycles. The summed E-state index contributed by atoms with van der Waals surface area (Å²) < 4.78 is 0. The lowest BCUT2D eigenvalue weighted by molar-refractivity contribution is 0.318. The summed E-state index contributed by atoms with van der Waals surface area (Å²) in [5.74, 6) is 1.31. The van der Waals surface area contributed by atoms with E-state index in [9.17, 15) is 0 Å². The molecule has 6 heteroatoms. The van der Waals surface area contributed by atoms with Crippen LogP contribution in [0, 0.1) is 0 Å². The molecule has 112 valence electrons. The molecule has 0 atom stereocenters. The number of hydrogen-bond donors (Lipinski definition) is 3. The van der Waals surface area contributed by atoms with Crippen molar-refractivity contribution in [2.24, 2.45) is 10.9 Å². The van der Waals surface area contributed by atoms with Gasteiger partial charge in [-0.1, -0.05) is 18.0 Å². The van der Waals surface area contributed by atoms with Crippen molar-refractivity contribution in [3.63, 3.8) is 0 Å². The predicted molar refractivity (Wildman–Crippen MR) is 85.3 cm³/mol. The number of rotatable bonds is 10. The van der Waals surface area contributed by atoms with E-state index in [1.807, 2.05) is 23.9 Å². The average Bonchev–Trinajstić information content (AvgIpc) is 2.49. The molecule has 0 bridgehead atoms. The number of hydrogen-bond acceptors (Lipinski definition) is 5. The number of nitrogens with one attached hydrogen (secondary N) is 1. The summed E-state index contributed by atoms with van der Waals surface area (Å²) in [5.41, 5.74) is 7.10. The van der Waals surface area contributed by atoms with E-state index in [4.69, 9.17) is 10.9 Å². The van der Waals surface area contributed by atoms with Gasteiger partial charge >= 0.3 is 0 Å². The number of unbranched alkanes of at least 4 members (excludes halogenated alkanes) is 3. The van der Waals surface area contributed by atoms with E-state index < -0.39 is 0 Å². The first-order chi connectivity index (χ1) is 9.77. The molecule has 0 unspecified atom stereocenters.